The van der Waals surface area contributed by atoms with Gasteiger partial charge < -0.3 is 13.6 Å². The van der Waals surface area contributed by atoms with Gasteiger partial charge in [-0.25, -0.2) is 4.57 Å². The van der Waals surface area contributed by atoms with E-state index in [0.717, 1.165) is 78.4 Å². The zero-order chi connectivity index (χ0) is 23.4. The number of ether oxygens (including phenoxy) is 1. The number of fused-ring (bicyclic) bond motifs is 7. The van der Waals surface area contributed by atoms with Gasteiger partial charge >= 0.3 is 0 Å². The van der Waals surface area contributed by atoms with Crippen molar-refractivity contribution in [2.24, 2.45) is 12.5 Å². The van der Waals surface area contributed by atoms with E-state index in [1.165, 1.54) is 5.56 Å². The molecule has 7 rings (SSSR count). The highest BCUT2D eigenvalue weighted by molar-refractivity contribution is 6.20. The van der Waals surface area contributed by atoms with Crippen LogP contribution in [0.25, 0.3) is 54.9 Å². The molecule has 0 unspecified atom stereocenters. The summed E-state index contributed by atoms with van der Waals surface area (Å²) < 4.78 is 21.1. The van der Waals surface area contributed by atoms with E-state index in [-0.39, 0.29) is 5.41 Å². The maximum atomic E-state index is 6.58. The highest BCUT2D eigenvalue weighted by Crippen LogP contribution is 2.51. The van der Waals surface area contributed by atoms with E-state index in [2.05, 4.69) is 81.9 Å². The number of hydrogen-bond acceptors (Lipinski definition) is 3. The van der Waals surface area contributed by atoms with Crippen LogP contribution in [0.5, 0.6) is 11.5 Å². The minimum atomic E-state index is 0.221. The molecule has 34 heavy (non-hydrogen) atoms. The molecule has 168 valence electrons. The van der Waals surface area contributed by atoms with Crippen molar-refractivity contribution < 1.29 is 18.1 Å². The molecular weight excluding hydrogens is 422 g/mol. The number of furan rings is 2. The van der Waals surface area contributed by atoms with E-state index in [1.807, 2.05) is 6.07 Å². The molecule has 4 heterocycles. The Kier molecular flexibility index (Phi) is 3.71. The third-order valence-corrected chi connectivity index (χ3v) is 7.02. The van der Waals surface area contributed by atoms with Crippen LogP contribution in [0.15, 0.2) is 63.8 Å². The first kappa shape index (κ1) is 19.7. The first-order chi connectivity index (χ1) is 16.3. The molecule has 6 aromatic rings. The smallest absolute Gasteiger partial charge is 0.228 e. The van der Waals surface area contributed by atoms with Crippen molar-refractivity contribution in [3.8, 4) is 22.8 Å². The van der Waals surface area contributed by atoms with Gasteiger partial charge in [0, 0.05) is 33.2 Å². The van der Waals surface area contributed by atoms with E-state index >= 15 is 0 Å². The van der Waals surface area contributed by atoms with Crippen LogP contribution in [-0.4, -0.2) is 0 Å². The van der Waals surface area contributed by atoms with Crippen molar-refractivity contribution in [3.63, 3.8) is 0 Å². The molecule has 1 aliphatic rings. The van der Waals surface area contributed by atoms with Crippen LogP contribution in [0.2, 0.25) is 0 Å². The maximum absolute atomic E-state index is 6.58. The average Bonchev–Trinajstić information content (AvgIpc) is 3.38. The summed E-state index contributed by atoms with van der Waals surface area (Å²) in [7, 11) is 2.08. The van der Waals surface area contributed by atoms with Gasteiger partial charge in [-0.2, -0.15) is 0 Å². The molecular formula is C30H26NO3+. The van der Waals surface area contributed by atoms with E-state index in [1.54, 1.807) is 6.26 Å². The van der Waals surface area contributed by atoms with Gasteiger partial charge in [0.1, 0.15) is 40.7 Å². The van der Waals surface area contributed by atoms with Crippen molar-refractivity contribution in [2.75, 3.05) is 0 Å². The Balaban J connectivity index is 1.56. The summed E-state index contributed by atoms with van der Waals surface area (Å²) in [6.07, 6.45) is 4.86. The zero-order valence-electron chi connectivity index (χ0n) is 20.1. The van der Waals surface area contributed by atoms with Crippen LogP contribution in [0, 0.1) is 12.3 Å². The Hall–Kier alpha value is -3.79. The molecule has 0 aliphatic carbocycles. The van der Waals surface area contributed by atoms with Gasteiger partial charge in [-0.1, -0.05) is 32.9 Å². The first-order valence-electron chi connectivity index (χ1n) is 11.8. The molecule has 4 nitrogen and oxygen atoms in total. The number of pyridine rings is 1. The molecule has 0 fully saturated rings. The van der Waals surface area contributed by atoms with Gasteiger partial charge in [0.05, 0.1) is 11.8 Å². The van der Waals surface area contributed by atoms with Crippen molar-refractivity contribution in [1.82, 2.24) is 0 Å². The third-order valence-electron chi connectivity index (χ3n) is 7.02. The molecule has 0 spiro atoms. The van der Waals surface area contributed by atoms with Crippen LogP contribution in [0.3, 0.4) is 0 Å². The summed E-state index contributed by atoms with van der Waals surface area (Å²) in [4.78, 5) is 0. The molecule has 0 radical (unpaired) electrons. The number of nitrogens with zero attached hydrogens (tertiary/aromatic N) is 1. The molecule has 1 aliphatic heterocycles. The second kappa shape index (κ2) is 6.41. The molecule has 0 saturated carbocycles. The number of hydrogen-bond donors (Lipinski definition) is 0. The number of benzene rings is 3. The van der Waals surface area contributed by atoms with E-state index in [4.69, 9.17) is 13.6 Å². The van der Waals surface area contributed by atoms with Crippen molar-refractivity contribution in [2.45, 2.75) is 34.1 Å². The van der Waals surface area contributed by atoms with Gasteiger partial charge in [-0.15, -0.1) is 0 Å². The van der Waals surface area contributed by atoms with E-state index in [0.29, 0.717) is 0 Å². The van der Waals surface area contributed by atoms with Crippen LogP contribution < -0.4 is 9.30 Å². The van der Waals surface area contributed by atoms with Crippen LogP contribution >= 0.6 is 0 Å². The standard InChI is InChI=1S/C30H26NO3/c1-16-25-23(13-18-9-11-32-28(16)18)33-24-14-21-19-7-6-17(15-30(2,3)4)12-22(19)34-29(21)20-8-10-31(5)27(25)26(20)24/h6-14H,15H2,1-5H3/q+1. The van der Waals surface area contributed by atoms with Crippen molar-refractivity contribution >= 4 is 43.7 Å². The molecule has 0 N–H and O–H groups in total. The van der Waals surface area contributed by atoms with Gasteiger partial charge in [-0.3, -0.25) is 0 Å². The molecule has 0 atom stereocenters. The van der Waals surface area contributed by atoms with Gasteiger partial charge in [0.25, 0.3) is 0 Å². The van der Waals surface area contributed by atoms with Crippen molar-refractivity contribution in [1.29, 1.82) is 0 Å². The zero-order valence-corrected chi connectivity index (χ0v) is 20.1. The maximum Gasteiger partial charge on any atom is 0.228 e. The largest absolute Gasteiger partial charge is 0.464 e. The Morgan fingerprint density at radius 1 is 0.882 bits per heavy atom. The second-order valence-corrected chi connectivity index (χ2v) is 10.8. The van der Waals surface area contributed by atoms with Crippen molar-refractivity contribution in [3.05, 3.63) is 66.1 Å². The van der Waals surface area contributed by atoms with E-state index < -0.39 is 0 Å². The number of aromatic nitrogens is 1. The lowest BCUT2D eigenvalue weighted by molar-refractivity contribution is -0.659. The minimum absolute atomic E-state index is 0.221. The topological polar surface area (TPSA) is 39.4 Å². The summed E-state index contributed by atoms with van der Waals surface area (Å²) in [5.41, 5.74) is 7.54. The molecule has 4 heteroatoms. The van der Waals surface area contributed by atoms with Crippen LogP contribution in [-0.2, 0) is 13.5 Å². The highest BCUT2D eigenvalue weighted by atomic mass is 16.5. The molecule has 3 aromatic carbocycles. The van der Waals surface area contributed by atoms with Gasteiger partial charge in [0.2, 0.25) is 5.69 Å². The predicted octanol–water partition coefficient (Wildman–Crippen LogP) is 7.98. The van der Waals surface area contributed by atoms with Crippen LogP contribution in [0.4, 0.5) is 0 Å². The Morgan fingerprint density at radius 2 is 1.74 bits per heavy atom. The Bertz CT molecular complexity index is 1810. The molecule has 0 amide bonds. The summed E-state index contributed by atoms with van der Waals surface area (Å²) in [6.45, 7) is 8.90. The molecule has 3 aromatic heterocycles. The third kappa shape index (κ3) is 2.62. The second-order valence-electron chi connectivity index (χ2n) is 10.8. The van der Waals surface area contributed by atoms with Crippen LogP contribution in [0.1, 0.15) is 31.9 Å². The van der Waals surface area contributed by atoms with Gasteiger partial charge in [0.15, 0.2) is 6.20 Å². The monoisotopic (exact) mass is 448 g/mol. The first-order valence-corrected chi connectivity index (χ1v) is 11.8. The highest BCUT2D eigenvalue weighted by Gasteiger charge is 2.32. The quantitative estimate of drug-likeness (QED) is 0.239. The predicted molar refractivity (Wildman–Crippen MR) is 136 cm³/mol. The Morgan fingerprint density at radius 3 is 2.56 bits per heavy atom. The Labute approximate surface area is 197 Å². The normalized spacial score (nSPS) is 13.2. The fraction of sp³-hybridized carbons (Fsp3) is 0.233. The van der Waals surface area contributed by atoms with E-state index in [9.17, 15) is 0 Å². The average molecular weight is 449 g/mol. The number of rotatable bonds is 1. The SMILES string of the molecule is Cc1c2c(cc3ccoc13)Oc1cc3c4ccc(CC(C)(C)C)cc4oc3c3cc[n+](C)c-2c13. The molecule has 0 saturated heterocycles. The fourth-order valence-corrected chi connectivity index (χ4v) is 5.64. The summed E-state index contributed by atoms with van der Waals surface area (Å²) in [5, 5.41) is 5.41. The molecule has 0 bridgehead atoms. The number of aryl methyl sites for hydroxylation is 2. The lowest BCUT2D eigenvalue weighted by atomic mass is 9.88. The summed E-state index contributed by atoms with van der Waals surface area (Å²) in [6, 6.07) is 15.0. The minimum Gasteiger partial charge on any atom is -0.464 e. The van der Waals surface area contributed by atoms with Gasteiger partial charge in [-0.05, 0) is 48.6 Å². The lowest BCUT2D eigenvalue weighted by Crippen LogP contribution is -2.31. The summed E-state index contributed by atoms with van der Waals surface area (Å²) >= 11 is 0. The summed E-state index contributed by atoms with van der Waals surface area (Å²) in [5.74, 6) is 1.73. The fourth-order valence-electron chi connectivity index (χ4n) is 5.64. The lowest BCUT2D eigenvalue weighted by Gasteiger charge is -2.21.